The first-order valence-electron chi connectivity index (χ1n) is 7.23. The third-order valence-electron chi connectivity index (χ3n) is 3.38. The summed E-state index contributed by atoms with van der Waals surface area (Å²) in [6.07, 6.45) is 0. The summed E-state index contributed by atoms with van der Waals surface area (Å²) in [7, 11) is 1.89. The Morgan fingerprint density at radius 3 is 2.68 bits per heavy atom. The zero-order valence-corrected chi connectivity index (χ0v) is 13.9. The lowest BCUT2D eigenvalue weighted by Crippen LogP contribution is -2.36. The van der Waals surface area contributed by atoms with E-state index < -0.39 is 0 Å². The molecule has 0 radical (unpaired) electrons. The van der Waals surface area contributed by atoms with Gasteiger partial charge in [0.2, 0.25) is 5.91 Å². The second-order valence-electron chi connectivity index (χ2n) is 5.50. The molecule has 5 heteroatoms. The highest BCUT2D eigenvalue weighted by molar-refractivity contribution is 6.31. The highest BCUT2D eigenvalue weighted by Crippen LogP contribution is 2.22. The number of furan rings is 1. The number of benzene rings is 1. The van der Waals surface area contributed by atoms with Crippen LogP contribution < -0.4 is 5.32 Å². The van der Waals surface area contributed by atoms with Crippen molar-refractivity contribution in [1.82, 2.24) is 10.2 Å². The monoisotopic (exact) mass is 320 g/mol. The van der Waals surface area contributed by atoms with Gasteiger partial charge in [0.15, 0.2) is 0 Å². The normalized spacial score (nSPS) is 12.4. The molecule has 0 saturated heterocycles. The van der Waals surface area contributed by atoms with Crippen LogP contribution in [0.2, 0.25) is 5.02 Å². The Labute approximate surface area is 136 Å². The number of nitrogens with one attached hydrogen (secondary N) is 1. The van der Waals surface area contributed by atoms with Crippen LogP contribution in [0.15, 0.2) is 40.8 Å². The third kappa shape index (κ3) is 4.61. The molecule has 22 heavy (non-hydrogen) atoms. The van der Waals surface area contributed by atoms with Gasteiger partial charge in [0.25, 0.3) is 0 Å². The van der Waals surface area contributed by atoms with Gasteiger partial charge in [-0.1, -0.05) is 29.8 Å². The Morgan fingerprint density at radius 1 is 1.32 bits per heavy atom. The fourth-order valence-electron chi connectivity index (χ4n) is 2.33. The first-order chi connectivity index (χ1) is 10.5. The van der Waals surface area contributed by atoms with Crippen molar-refractivity contribution < 1.29 is 9.21 Å². The molecule has 1 aromatic heterocycles. The molecule has 118 valence electrons. The summed E-state index contributed by atoms with van der Waals surface area (Å²) in [4.78, 5) is 14.0. The van der Waals surface area contributed by atoms with Gasteiger partial charge in [0.1, 0.15) is 11.5 Å². The third-order valence-corrected chi connectivity index (χ3v) is 3.73. The van der Waals surface area contributed by atoms with Crippen LogP contribution in [0.3, 0.4) is 0 Å². The Kier molecular flexibility index (Phi) is 5.63. The van der Waals surface area contributed by atoms with E-state index in [-0.39, 0.29) is 11.9 Å². The van der Waals surface area contributed by atoms with Crippen molar-refractivity contribution in [3.05, 3.63) is 58.5 Å². The largest absolute Gasteiger partial charge is 0.465 e. The molecule has 0 aliphatic rings. The second-order valence-corrected chi connectivity index (χ2v) is 5.90. The van der Waals surface area contributed by atoms with Crippen molar-refractivity contribution in [3.63, 3.8) is 0 Å². The van der Waals surface area contributed by atoms with Gasteiger partial charge in [-0.3, -0.25) is 9.69 Å². The Bertz CT molecular complexity index is 639. The van der Waals surface area contributed by atoms with Gasteiger partial charge < -0.3 is 9.73 Å². The molecule has 0 bridgehead atoms. The van der Waals surface area contributed by atoms with Crippen molar-refractivity contribution in [1.29, 1.82) is 0 Å². The zero-order valence-electron chi connectivity index (χ0n) is 13.1. The number of nitrogens with zero attached hydrogens (tertiary/aromatic N) is 1. The lowest BCUT2D eigenvalue weighted by molar-refractivity contribution is -0.122. The number of hydrogen-bond acceptors (Lipinski definition) is 3. The highest BCUT2D eigenvalue weighted by atomic mass is 35.5. The molecule has 0 aliphatic carbocycles. The van der Waals surface area contributed by atoms with Crippen LogP contribution in [0, 0.1) is 6.92 Å². The van der Waals surface area contributed by atoms with Gasteiger partial charge >= 0.3 is 0 Å². The van der Waals surface area contributed by atoms with Crippen LogP contribution in [0.4, 0.5) is 0 Å². The van der Waals surface area contributed by atoms with E-state index in [9.17, 15) is 4.79 Å². The zero-order chi connectivity index (χ0) is 16.1. The van der Waals surface area contributed by atoms with Crippen LogP contribution in [0.1, 0.15) is 30.0 Å². The first kappa shape index (κ1) is 16.6. The SMILES string of the molecule is Cc1ccc(CN(C)CC(=O)NC(C)c2ccccc2Cl)o1. The molecule has 1 unspecified atom stereocenters. The van der Waals surface area contributed by atoms with E-state index in [2.05, 4.69) is 5.32 Å². The minimum Gasteiger partial charge on any atom is -0.465 e. The highest BCUT2D eigenvalue weighted by Gasteiger charge is 2.14. The number of halogens is 1. The number of likely N-dealkylation sites (N-methyl/N-ethyl adjacent to an activating group) is 1. The standard InChI is InChI=1S/C17H21ClN2O2/c1-12-8-9-14(22-12)10-20(3)11-17(21)19-13(2)15-6-4-5-7-16(15)18/h4-9,13H,10-11H2,1-3H3,(H,19,21). The van der Waals surface area contributed by atoms with Crippen LogP contribution in [0.25, 0.3) is 0 Å². The van der Waals surface area contributed by atoms with E-state index in [1.165, 1.54) is 0 Å². The van der Waals surface area contributed by atoms with Gasteiger partial charge in [0, 0.05) is 5.02 Å². The maximum absolute atomic E-state index is 12.1. The van der Waals surface area contributed by atoms with E-state index in [0.717, 1.165) is 17.1 Å². The van der Waals surface area contributed by atoms with Crippen molar-refractivity contribution in [3.8, 4) is 0 Å². The predicted molar refractivity (Wildman–Crippen MR) is 87.8 cm³/mol. The summed E-state index contributed by atoms with van der Waals surface area (Å²) < 4.78 is 5.51. The summed E-state index contributed by atoms with van der Waals surface area (Å²) in [6.45, 7) is 4.73. The molecular weight excluding hydrogens is 300 g/mol. The number of hydrogen-bond donors (Lipinski definition) is 1. The van der Waals surface area contributed by atoms with Gasteiger partial charge in [-0.25, -0.2) is 0 Å². The number of aryl methyl sites for hydroxylation is 1. The summed E-state index contributed by atoms with van der Waals surface area (Å²) >= 11 is 6.14. The van der Waals surface area contributed by atoms with E-state index in [1.54, 1.807) is 0 Å². The Hall–Kier alpha value is -1.78. The molecule has 1 atom stereocenters. The maximum atomic E-state index is 12.1. The van der Waals surface area contributed by atoms with Crippen molar-refractivity contribution in [2.75, 3.05) is 13.6 Å². The van der Waals surface area contributed by atoms with Crippen molar-refractivity contribution in [2.24, 2.45) is 0 Å². The molecule has 0 spiro atoms. The van der Waals surface area contributed by atoms with Crippen LogP contribution in [0.5, 0.6) is 0 Å². The molecule has 2 rings (SSSR count). The summed E-state index contributed by atoms with van der Waals surface area (Å²) in [5, 5.41) is 3.63. The van der Waals surface area contributed by atoms with Crippen molar-refractivity contribution in [2.45, 2.75) is 26.4 Å². The summed E-state index contributed by atoms with van der Waals surface area (Å²) in [5.41, 5.74) is 0.918. The molecule has 1 heterocycles. The Morgan fingerprint density at radius 2 is 2.05 bits per heavy atom. The van der Waals surface area contributed by atoms with Gasteiger partial charge in [-0.05, 0) is 44.7 Å². The molecule has 1 amide bonds. The molecule has 4 nitrogen and oxygen atoms in total. The molecular formula is C17H21ClN2O2. The fraction of sp³-hybridized carbons (Fsp3) is 0.353. The van der Waals surface area contributed by atoms with Crippen molar-refractivity contribution >= 4 is 17.5 Å². The van der Waals surface area contributed by atoms with E-state index in [1.807, 2.05) is 62.2 Å². The quantitative estimate of drug-likeness (QED) is 0.885. The average Bonchev–Trinajstić information content (AvgIpc) is 2.83. The minimum absolute atomic E-state index is 0.0433. The number of rotatable bonds is 6. The molecule has 0 aliphatic heterocycles. The molecule has 1 aromatic carbocycles. The van der Waals surface area contributed by atoms with Crippen LogP contribution in [-0.2, 0) is 11.3 Å². The lowest BCUT2D eigenvalue weighted by atomic mass is 10.1. The summed E-state index contributed by atoms with van der Waals surface area (Å²) in [6, 6.07) is 11.3. The topological polar surface area (TPSA) is 45.5 Å². The average molecular weight is 321 g/mol. The van der Waals surface area contributed by atoms with E-state index >= 15 is 0 Å². The predicted octanol–water partition coefficient (Wildman–Crippen LogP) is 3.55. The first-order valence-corrected chi connectivity index (χ1v) is 7.61. The molecule has 1 N–H and O–H groups in total. The van der Waals surface area contributed by atoms with Gasteiger partial charge in [0.05, 0.1) is 19.1 Å². The number of amides is 1. The minimum atomic E-state index is -0.125. The summed E-state index contributed by atoms with van der Waals surface area (Å²) in [5.74, 6) is 1.69. The number of carbonyl (C=O) groups is 1. The maximum Gasteiger partial charge on any atom is 0.234 e. The van der Waals surface area contributed by atoms with E-state index in [0.29, 0.717) is 18.1 Å². The van der Waals surface area contributed by atoms with Gasteiger partial charge in [-0.2, -0.15) is 0 Å². The second kappa shape index (κ2) is 7.47. The smallest absolute Gasteiger partial charge is 0.234 e. The fourth-order valence-corrected chi connectivity index (χ4v) is 2.63. The number of carbonyl (C=O) groups excluding carboxylic acids is 1. The molecule has 2 aromatic rings. The molecule has 0 fully saturated rings. The van der Waals surface area contributed by atoms with Crippen LogP contribution >= 0.6 is 11.6 Å². The lowest BCUT2D eigenvalue weighted by Gasteiger charge is -2.19. The Balaban J connectivity index is 1.85. The van der Waals surface area contributed by atoms with E-state index in [4.69, 9.17) is 16.0 Å². The van der Waals surface area contributed by atoms with Crippen LogP contribution in [-0.4, -0.2) is 24.4 Å². The molecule has 0 saturated carbocycles. The van der Waals surface area contributed by atoms with Gasteiger partial charge in [-0.15, -0.1) is 0 Å².